The van der Waals surface area contributed by atoms with Gasteiger partial charge in [0.25, 0.3) is 4.39 Å². The van der Waals surface area contributed by atoms with Gasteiger partial charge in [0.15, 0.2) is 3.95 Å². The molecule has 3 aromatic carbocycles. The van der Waals surface area contributed by atoms with Gasteiger partial charge in [-0.1, -0.05) is 72.4 Å². The second-order valence-corrected chi connectivity index (χ2v) is 11.5. The number of ether oxygens (including phenoxy) is 1. The third kappa shape index (κ3) is 10.3. The van der Waals surface area contributed by atoms with Crippen LogP contribution >= 0.6 is 47.9 Å². The molecule has 0 radical (unpaired) electrons. The lowest BCUT2D eigenvalue weighted by atomic mass is 10.1. The molecule has 2 amide bonds. The Labute approximate surface area is 251 Å². The van der Waals surface area contributed by atoms with E-state index in [9.17, 15) is 9.59 Å². The maximum absolute atomic E-state index is 10.6. The minimum absolute atomic E-state index is 0.361. The van der Waals surface area contributed by atoms with Crippen molar-refractivity contribution in [2.75, 3.05) is 0 Å². The van der Waals surface area contributed by atoms with Gasteiger partial charge < -0.3 is 21.2 Å². The van der Waals surface area contributed by atoms with Crippen LogP contribution in [0.15, 0.2) is 108 Å². The van der Waals surface area contributed by atoms with E-state index in [4.69, 9.17) is 33.3 Å². The second kappa shape index (κ2) is 16.0. The van der Waals surface area contributed by atoms with Crippen LogP contribution in [-0.4, -0.2) is 26.3 Å². The number of aromatic amines is 1. The van der Waals surface area contributed by atoms with Gasteiger partial charge in [-0.15, -0.1) is 24.0 Å². The zero-order valence-corrected chi connectivity index (χ0v) is 24.6. The first-order valence-electron chi connectivity index (χ1n) is 11.8. The van der Waals surface area contributed by atoms with E-state index in [0.717, 1.165) is 15.1 Å². The fourth-order valence-electron chi connectivity index (χ4n) is 3.04. The second-order valence-electron chi connectivity index (χ2n) is 7.97. The lowest BCUT2D eigenvalue weighted by Crippen LogP contribution is -2.37. The summed E-state index contributed by atoms with van der Waals surface area (Å²) in [7, 11) is 0. The number of amides is 2. The Morgan fingerprint density at radius 1 is 0.875 bits per heavy atom. The molecule has 1 aromatic heterocycles. The molecular formula is C28H28N4O4S4. The topological polar surface area (TPSA) is 124 Å². The summed E-state index contributed by atoms with van der Waals surface area (Å²) in [5.74, 6) is -1.04. The average molecular weight is 613 g/mol. The van der Waals surface area contributed by atoms with E-state index in [1.807, 2.05) is 83.8 Å². The van der Waals surface area contributed by atoms with Crippen LogP contribution in [-0.2, 0) is 22.8 Å². The van der Waals surface area contributed by atoms with Crippen LogP contribution in [0.1, 0.15) is 31.8 Å². The van der Waals surface area contributed by atoms with E-state index in [1.165, 1.54) is 47.4 Å². The number of hydrogen-bond donors (Lipinski definition) is 4. The maximum atomic E-state index is 10.6. The molecule has 0 aliphatic carbocycles. The highest BCUT2D eigenvalue weighted by Gasteiger charge is 2.37. The van der Waals surface area contributed by atoms with Crippen LogP contribution in [0.3, 0.4) is 0 Å². The maximum Gasteiger partial charge on any atom is 0.263 e. The molecule has 0 fully saturated rings. The first-order chi connectivity index (χ1) is 19.3. The molecule has 1 unspecified atom stereocenters. The normalized spacial score (nSPS) is 15.4. The fraction of sp³-hybridized carbons (Fsp3) is 0.107. The molecule has 8 nitrogen and oxygen atoms in total. The van der Waals surface area contributed by atoms with Crippen LogP contribution in [0.5, 0.6) is 0 Å². The Morgan fingerprint density at radius 2 is 1.40 bits per heavy atom. The van der Waals surface area contributed by atoms with E-state index >= 15 is 0 Å². The van der Waals surface area contributed by atoms with Gasteiger partial charge >= 0.3 is 0 Å². The van der Waals surface area contributed by atoms with Crippen molar-refractivity contribution in [2.24, 2.45) is 11.5 Å². The summed E-state index contributed by atoms with van der Waals surface area (Å²) >= 11 is 12.3. The number of thiol groups is 1. The van der Waals surface area contributed by atoms with Gasteiger partial charge in [-0.25, -0.2) is 5.06 Å². The number of thiazole rings is 1. The molecule has 1 aliphatic rings. The number of carbonyl (C=O) groups excluding carboxylic acids is 2. The zero-order chi connectivity index (χ0) is 28.8. The van der Waals surface area contributed by atoms with E-state index in [2.05, 4.69) is 17.6 Å². The lowest BCUT2D eigenvalue weighted by molar-refractivity contribution is -0.212. The van der Waals surface area contributed by atoms with Gasteiger partial charge in [0.05, 0.1) is 6.61 Å². The highest BCUT2D eigenvalue weighted by Crippen LogP contribution is 2.42. The van der Waals surface area contributed by atoms with Crippen molar-refractivity contribution < 1.29 is 19.2 Å². The molecule has 0 saturated carbocycles. The van der Waals surface area contributed by atoms with Crippen LogP contribution < -0.4 is 11.5 Å². The molecule has 0 bridgehead atoms. The quantitative estimate of drug-likeness (QED) is 0.108. The number of H-pyrrole nitrogens is 1. The molecule has 1 atom stereocenters. The number of primary amides is 2. The van der Waals surface area contributed by atoms with Gasteiger partial charge in [-0.05, 0) is 53.0 Å². The van der Waals surface area contributed by atoms with Gasteiger partial charge in [0, 0.05) is 28.9 Å². The SMILES string of the molecule is NC(=O)c1ccc(C(N)=O)cc1.S=c1[nH]ccs1.SC1(OCc2ccccc2)SC=CN1OCc1ccccc1. The number of benzene rings is 3. The Kier molecular flexibility index (Phi) is 12.5. The number of carbonyl (C=O) groups is 2. The third-order valence-corrected chi connectivity index (χ3v) is 7.59. The lowest BCUT2D eigenvalue weighted by Gasteiger charge is -2.32. The number of nitrogens with zero attached hydrogens (tertiary/aromatic N) is 1. The number of nitrogens with one attached hydrogen (secondary N) is 1. The smallest absolute Gasteiger partial charge is 0.263 e. The molecule has 12 heteroatoms. The monoisotopic (exact) mass is 612 g/mol. The Bertz CT molecular complexity index is 1380. The average Bonchev–Trinajstić information content (AvgIpc) is 3.61. The summed E-state index contributed by atoms with van der Waals surface area (Å²) in [6.07, 6.45) is 3.67. The molecule has 4 aromatic rings. The molecule has 2 heterocycles. The number of aromatic nitrogens is 1. The molecule has 5 N–H and O–H groups in total. The number of hydroxylamine groups is 2. The summed E-state index contributed by atoms with van der Waals surface area (Å²) in [5, 5.41) is 5.49. The molecule has 40 heavy (non-hydrogen) atoms. The predicted molar refractivity (Wildman–Crippen MR) is 166 cm³/mol. The number of hydrogen-bond acceptors (Lipinski definition) is 9. The molecule has 208 valence electrons. The minimum atomic E-state index is -0.843. The highest BCUT2D eigenvalue weighted by atomic mass is 32.2. The van der Waals surface area contributed by atoms with Crippen LogP contribution in [0.2, 0.25) is 0 Å². The Hall–Kier alpha value is -3.39. The van der Waals surface area contributed by atoms with Gasteiger partial charge in [-0.3, -0.25) is 14.4 Å². The summed E-state index contributed by atoms with van der Waals surface area (Å²) < 4.78 is 5.94. The molecular weight excluding hydrogens is 585 g/mol. The van der Waals surface area contributed by atoms with Crippen LogP contribution in [0.25, 0.3) is 0 Å². The van der Waals surface area contributed by atoms with Crippen LogP contribution in [0, 0.1) is 3.95 Å². The van der Waals surface area contributed by atoms with Gasteiger partial charge in [-0.2, -0.15) is 0 Å². The van der Waals surface area contributed by atoms with Crippen molar-refractivity contribution in [3.8, 4) is 0 Å². The first-order valence-corrected chi connectivity index (χ1v) is 14.4. The Morgan fingerprint density at radius 3 is 1.82 bits per heavy atom. The molecule has 0 spiro atoms. The number of rotatable bonds is 8. The molecule has 1 aliphatic heterocycles. The van der Waals surface area contributed by atoms with Crippen LogP contribution in [0.4, 0.5) is 0 Å². The molecule has 0 saturated heterocycles. The Balaban J connectivity index is 0.000000204. The fourth-order valence-corrected chi connectivity index (χ4v) is 4.74. The minimum Gasteiger partial charge on any atom is -0.366 e. The first kappa shape index (κ1) is 31.1. The summed E-state index contributed by atoms with van der Waals surface area (Å²) in [6, 6.07) is 25.9. The van der Waals surface area contributed by atoms with Gasteiger partial charge in [0.2, 0.25) is 11.8 Å². The number of nitrogens with two attached hydrogens (primary N) is 2. The summed E-state index contributed by atoms with van der Waals surface area (Å²) in [6.45, 7) is 0.951. The standard InChI is InChI=1S/C17H17NO2S2.C8H8N2O2.C3H3NS2/c21-17(19-13-15-7-3-1-4-8-15)18(11-12-22-17)20-14-16-9-5-2-6-10-16;9-7(11)5-1-2-6(4-3-5)8(10)12;5-3-4-1-2-6-3/h1-12,21H,13-14H2;1-4H,(H2,9,11)(H2,10,12);1-2H,(H,4,5). The van der Waals surface area contributed by atoms with E-state index in [1.54, 1.807) is 5.06 Å². The predicted octanol–water partition coefficient (Wildman–Crippen LogP) is 6.09. The van der Waals surface area contributed by atoms with Crippen molar-refractivity contribution in [1.82, 2.24) is 10.0 Å². The summed E-state index contributed by atoms with van der Waals surface area (Å²) in [4.78, 5) is 29.8. The van der Waals surface area contributed by atoms with Gasteiger partial charge in [0.1, 0.15) is 6.61 Å². The van der Waals surface area contributed by atoms with Crippen molar-refractivity contribution in [3.63, 3.8) is 0 Å². The zero-order valence-electron chi connectivity index (χ0n) is 21.2. The van der Waals surface area contributed by atoms with Crippen molar-refractivity contribution in [1.29, 1.82) is 0 Å². The molecule has 5 rings (SSSR count). The third-order valence-electron chi connectivity index (χ3n) is 5.08. The number of thioether (sulfide) groups is 1. The largest absolute Gasteiger partial charge is 0.366 e. The highest BCUT2D eigenvalue weighted by molar-refractivity contribution is 8.13. The van der Waals surface area contributed by atoms with Crippen molar-refractivity contribution in [2.45, 2.75) is 17.6 Å². The van der Waals surface area contributed by atoms with E-state index in [-0.39, 0.29) is 0 Å². The van der Waals surface area contributed by atoms with E-state index < -0.39 is 16.2 Å². The van der Waals surface area contributed by atoms with Crippen molar-refractivity contribution >= 4 is 59.8 Å². The summed E-state index contributed by atoms with van der Waals surface area (Å²) in [5.41, 5.74) is 12.9. The van der Waals surface area contributed by atoms with E-state index in [0.29, 0.717) is 24.3 Å². The van der Waals surface area contributed by atoms with Crippen molar-refractivity contribution in [3.05, 3.63) is 134 Å².